The summed E-state index contributed by atoms with van der Waals surface area (Å²) in [5, 5.41) is 4.51. The van der Waals surface area contributed by atoms with E-state index in [1.807, 2.05) is 71.8 Å². The Morgan fingerprint density at radius 3 is 2.37 bits per heavy atom. The second-order valence-electron chi connectivity index (χ2n) is 12.1. The van der Waals surface area contributed by atoms with Gasteiger partial charge < -0.3 is 10.2 Å². The number of allylic oxidation sites excluding steroid dienone is 5. The average molecular weight is 737 g/mol. The van der Waals surface area contributed by atoms with Gasteiger partial charge in [-0.05, 0) is 74.4 Å². The van der Waals surface area contributed by atoms with Crippen molar-refractivity contribution in [3.8, 4) is 11.8 Å². The predicted molar refractivity (Wildman–Crippen MR) is 218 cm³/mol. The van der Waals surface area contributed by atoms with Crippen LogP contribution in [0.3, 0.4) is 0 Å². The molecule has 2 unspecified atom stereocenters. The van der Waals surface area contributed by atoms with Crippen molar-refractivity contribution in [3.63, 3.8) is 0 Å². The van der Waals surface area contributed by atoms with E-state index in [0.717, 1.165) is 47.4 Å². The molecule has 0 spiro atoms. The molecule has 1 N–H and O–H groups in total. The monoisotopic (exact) mass is 736 g/mol. The third-order valence-electron chi connectivity index (χ3n) is 7.88. The van der Waals surface area contributed by atoms with Crippen LogP contribution in [-0.2, 0) is 4.79 Å². The Labute approximate surface area is 315 Å². The van der Waals surface area contributed by atoms with Crippen LogP contribution in [0.25, 0.3) is 12.7 Å². The number of ketones is 1. The number of carbonyl (C=O) groups is 2. The number of thioether (sulfide) groups is 1. The molecule has 278 valence electrons. The maximum absolute atomic E-state index is 13.2. The summed E-state index contributed by atoms with van der Waals surface area (Å²) in [5.41, 5.74) is 0.397. The van der Waals surface area contributed by atoms with E-state index < -0.39 is 11.1 Å². The smallest absolute Gasteiger partial charge is 0.233 e. The first-order valence-corrected chi connectivity index (χ1v) is 19.4. The molecule has 2 aromatic rings. The number of benzene rings is 1. The second kappa shape index (κ2) is 25.3. The highest BCUT2D eigenvalue weighted by Gasteiger charge is 2.27. The number of aryl methyl sites for hydroxylation is 1. The lowest BCUT2D eigenvalue weighted by Gasteiger charge is -2.27. The van der Waals surface area contributed by atoms with Crippen molar-refractivity contribution in [1.82, 2.24) is 15.3 Å². The molecule has 0 aliphatic heterocycles. The van der Waals surface area contributed by atoms with Crippen LogP contribution in [0.2, 0.25) is 0 Å². The first-order chi connectivity index (χ1) is 24.5. The summed E-state index contributed by atoms with van der Waals surface area (Å²) in [5.74, 6) is 8.10. The van der Waals surface area contributed by atoms with Gasteiger partial charge in [-0.3, -0.25) is 9.59 Å². The van der Waals surface area contributed by atoms with Crippen LogP contribution in [0.15, 0.2) is 59.7 Å². The van der Waals surface area contributed by atoms with E-state index >= 15 is 0 Å². The number of rotatable bonds is 11. The van der Waals surface area contributed by atoms with Gasteiger partial charge in [-0.2, -0.15) is 0 Å². The predicted octanol–water partition coefficient (Wildman–Crippen LogP) is 8.57. The van der Waals surface area contributed by atoms with Gasteiger partial charge in [-0.15, -0.1) is 11.8 Å². The highest BCUT2D eigenvalue weighted by atomic mass is 35.5. The molecule has 6 nitrogen and oxygen atoms in total. The molecule has 2 aliphatic rings. The molecule has 1 heterocycles. The number of amides is 1. The number of aromatic nitrogens is 2. The molecular weight excluding hydrogens is 679 g/mol. The molecule has 1 saturated carbocycles. The zero-order valence-electron chi connectivity index (χ0n) is 32.1. The zero-order valence-corrected chi connectivity index (χ0v) is 33.6. The van der Waals surface area contributed by atoms with Gasteiger partial charge in [0.1, 0.15) is 17.5 Å². The molecule has 2 atom stereocenters. The molecule has 1 aromatic carbocycles. The Kier molecular flexibility index (Phi) is 22.5. The number of carbonyl (C=O) groups excluding carboxylic acids is 2. The minimum Gasteiger partial charge on any atom is -0.362 e. The van der Waals surface area contributed by atoms with Crippen molar-refractivity contribution in [1.29, 1.82) is 0 Å². The van der Waals surface area contributed by atoms with Gasteiger partial charge in [0.25, 0.3) is 0 Å². The zero-order chi connectivity index (χ0) is 38.3. The lowest BCUT2D eigenvalue weighted by atomic mass is 9.83. The number of nitrogens with one attached hydrogen (secondary N) is 1. The molecule has 0 saturated heterocycles. The normalized spacial score (nSPS) is 18.5. The summed E-state index contributed by atoms with van der Waals surface area (Å²) in [6, 6.07) is 5.42. The van der Waals surface area contributed by atoms with Gasteiger partial charge in [0, 0.05) is 49.0 Å². The standard InChI is InChI=1S/C25H27ClFNO2S.C13H19N3.2C2H6/c1-17-5-7-18(8-6-17)16-28-25(30)24(31-22-4-2-3-20(26)11-14-22)15-23(29)19-9-12-21(27)13-10-19;1-6-7-8-9-12-10(2)14-11(3)15-13(12)16(4)5;2*1-2/h3,9-14,17-18,22,24H,5-8,15-16H2,1H3,(H,28,30);7-9H,2,6H2,1,3-5H3;2*1-2H3/b;8-7-,12-9+;;. The van der Waals surface area contributed by atoms with Gasteiger partial charge in [0.2, 0.25) is 5.91 Å². The average Bonchev–Trinajstić information content (AvgIpc) is 3.33. The van der Waals surface area contributed by atoms with Crippen molar-refractivity contribution >= 4 is 53.5 Å². The van der Waals surface area contributed by atoms with Crippen LogP contribution in [0.1, 0.15) is 96.2 Å². The molecule has 2 aliphatic carbocycles. The molecular formula is C42H58ClFN4O2S. The van der Waals surface area contributed by atoms with E-state index in [2.05, 4.69) is 53.6 Å². The summed E-state index contributed by atoms with van der Waals surface area (Å²) >= 11 is 7.35. The van der Waals surface area contributed by atoms with Crippen LogP contribution in [-0.4, -0.2) is 52.8 Å². The van der Waals surface area contributed by atoms with E-state index in [9.17, 15) is 14.0 Å². The summed E-state index contributed by atoms with van der Waals surface area (Å²) in [6.45, 7) is 18.8. The highest BCUT2D eigenvalue weighted by Crippen LogP contribution is 2.29. The van der Waals surface area contributed by atoms with Gasteiger partial charge in [0.05, 0.1) is 15.8 Å². The Balaban J connectivity index is 0.000000548. The molecule has 1 amide bonds. The largest absolute Gasteiger partial charge is 0.362 e. The van der Waals surface area contributed by atoms with E-state index in [0.29, 0.717) is 23.1 Å². The lowest BCUT2D eigenvalue weighted by Crippen LogP contribution is -2.38. The van der Waals surface area contributed by atoms with E-state index in [-0.39, 0.29) is 23.4 Å². The number of anilines is 1. The van der Waals surface area contributed by atoms with E-state index in [1.165, 1.54) is 48.9 Å². The second-order valence-corrected chi connectivity index (χ2v) is 13.9. The number of hydrogen-bond acceptors (Lipinski definition) is 6. The molecule has 1 aromatic heterocycles. The summed E-state index contributed by atoms with van der Waals surface area (Å²) in [6.07, 6.45) is 17.0. The number of hydrogen-bond donors (Lipinski definition) is 1. The Bertz CT molecular complexity index is 1640. The van der Waals surface area contributed by atoms with Crippen LogP contribution in [0, 0.1) is 36.4 Å². The number of Topliss-reactive ketones (excluding diaryl/α,β-unsaturated/α-hetero) is 1. The number of halogens is 2. The molecule has 4 rings (SSSR count). The van der Waals surface area contributed by atoms with Crippen molar-refractivity contribution in [2.24, 2.45) is 11.8 Å². The minimum absolute atomic E-state index is 0.0248. The van der Waals surface area contributed by atoms with E-state index in [1.54, 1.807) is 12.2 Å². The lowest BCUT2D eigenvalue weighted by molar-refractivity contribution is -0.120. The quantitative estimate of drug-likeness (QED) is 0.184. The van der Waals surface area contributed by atoms with E-state index in [4.69, 9.17) is 11.6 Å². The summed E-state index contributed by atoms with van der Waals surface area (Å²) in [7, 11) is 3.95. The Morgan fingerprint density at radius 1 is 1.12 bits per heavy atom. The maximum atomic E-state index is 13.2. The van der Waals surface area contributed by atoms with Gasteiger partial charge >= 0.3 is 0 Å². The fraction of sp³-hybridized carbons (Fsp3) is 0.476. The Hall–Kier alpha value is -3.67. The maximum Gasteiger partial charge on any atom is 0.233 e. The van der Waals surface area contributed by atoms with Gasteiger partial charge in [0.15, 0.2) is 5.78 Å². The van der Waals surface area contributed by atoms with Crippen LogP contribution < -0.4 is 20.8 Å². The van der Waals surface area contributed by atoms with Crippen LogP contribution >= 0.6 is 23.4 Å². The highest BCUT2D eigenvalue weighted by molar-refractivity contribution is 8.01. The fourth-order valence-corrected chi connectivity index (χ4v) is 6.42. The molecule has 51 heavy (non-hydrogen) atoms. The summed E-state index contributed by atoms with van der Waals surface area (Å²) in [4.78, 5) is 36.5. The van der Waals surface area contributed by atoms with Crippen LogP contribution in [0.4, 0.5) is 10.2 Å². The van der Waals surface area contributed by atoms with Gasteiger partial charge in [-0.25, -0.2) is 14.4 Å². The topological polar surface area (TPSA) is 75.2 Å². The van der Waals surface area contributed by atoms with Crippen molar-refractivity contribution in [2.75, 3.05) is 25.5 Å². The third kappa shape index (κ3) is 16.9. The molecule has 0 radical (unpaired) electrons. The van der Waals surface area contributed by atoms with Crippen molar-refractivity contribution < 1.29 is 14.0 Å². The SMILES string of the molecule is C=c1nc(C)nc(N(C)C)/c1=C/C=C\CC.CC.CC.CC1CCC(CNC(=O)C(CC(=O)c2ccc(F)cc2)SC2C#CC=C(Cl)C=C2)CC1. The van der Waals surface area contributed by atoms with Crippen molar-refractivity contribution in [2.45, 2.75) is 97.5 Å². The van der Waals surface area contributed by atoms with Gasteiger partial charge in [-0.1, -0.05) is 103 Å². The number of nitrogens with zero attached hydrogens (tertiary/aromatic N) is 3. The molecule has 9 heteroatoms. The third-order valence-corrected chi connectivity index (χ3v) is 9.39. The first-order valence-electron chi connectivity index (χ1n) is 18.1. The Morgan fingerprint density at radius 2 is 1.76 bits per heavy atom. The molecule has 1 fully saturated rings. The minimum atomic E-state index is -0.596. The fourth-order valence-electron chi connectivity index (χ4n) is 5.18. The molecule has 0 bridgehead atoms. The van der Waals surface area contributed by atoms with Crippen LogP contribution in [0.5, 0.6) is 0 Å². The van der Waals surface area contributed by atoms with Crippen molar-refractivity contribution in [3.05, 3.63) is 87.5 Å². The first kappa shape index (κ1) is 45.4. The summed E-state index contributed by atoms with van der Waals surface area (Å²) < 4.78 is 13.2.